The van der Waals surface area contributed by atoms with Gasteiger partial charge in [0.2, 0.25) is 17.4 Å². The summed E-state index contributed by atoms with van der Waals surface area (Å²) in [4.78, 5) is 64.8. The number of carbonyl (C=O) groups excluding carboxylic acids is 4. The van der Waals surface area contributed by atoms with Crippen LogP contribution in [0.3, 0.4) is 0 Å². The fraction of sp³-hybridized carbons (Fsp3) is 0.600. The molecule has 0 radical (unpaired) electrons. The van der Waals surface area contributed by atoms with Crippen LogP contribution in [0.4, 0.5) is 0 Å². The number of ether oxygens (including phenoxy) is 1. The fourth-order valence-corrected chi connectivity index (χ4v) is 4.38. The number of amides is 2. The standard InChI is InChI=1S/C15H18ClN3O8S/c1-7(20)27-5-15(14(24)25)4-19-12(23)10(13(19)28-6-15)17-11(22)9(18-26-2)8(21)3-16/h10,13H,3-6H2,1-2H3,(H,17,22)(H,24,25)/t10?,13-,15?/m1/s1. The first-order valence-electron chi connectivity index (χ1n) is 7.97. The van der Waals surface area contributed by atoms with Crippen LogP contribution in [0.2, 0.25) is 0 Å². The SMILES string of the molecule is CON=C(C(=O)CCl)C(=O)NC1C(=O)N2CC(COC(C)=O)(C(=O)O)CS[C@H]12. The first-order chi connectivity index (χ1) is 13.2. The van der Waals surface area contributed by atoms with Crippen molar-refractivity contribution in [3.63, 3.8) is 0 Å². The first-order valence-corrected chi connectivity index (χ1v) is 9.55. The van der Waals surface area contributed by atoms with Crippen LogP contribution in [-0.2, 0) is 33.5 Å². The number of oxime groups is 1. The van der Waals surface area contributed by atoms with Gasteiger partial charge < -0.3 is 24.9 Å². The van der Waals surface area contributed by atoms with E-state index in [9.17, 15) is 29.1 Å². The van der Waals surface area contributed by atoms with Crippen LogP contribution >= 0.6 is 23.4 Å². The number of hydrogen-bond donors (Lipinski definition) is 2. The number of nitrogens with zero attached hydrogens (tertiary/aromatic N) is 2. The van der Waals surface area contributed by atoms with Crippen molar-refractivity contribution in [2.45, 2.75) is 18.3 Å². The van der Waals surface area contributed by atoms with Gasteiger partial charge in [0.1, 0.15) is 30.5 Å². The molecule has 2 N–H and O–H groups in total. The highest BCUT2D eigenvalue weighted by atomic mass is 35.5. The van der Waals surface area contributed by atoms with Crippen LogP contribution in [0.1, 0.15) is 6.92 Å². The lowest BCUT2D eigenvalue weighted by Gasteiger charge is -2.53. The van der Waals surface area contributed by atoms with Crippen molar-refractivity contribution in [3.05, 3.63) is 0 Å². The first kappa shape index (κ1) is 22.0. The Kier molecular flexibility index (Phi) is 6.88. The lowest BCUT2D eigenvalue weighted by Crippen LogP contribution is -2.74. The number of halogens is 1. The molecule has 2 aliphatic rings. The summed E-state index contributed by atoms with van der Waals surface area (Å²) in [5, 5.41) is 14.8. The van der Waals surface area contributed by atoms with Crippen molar-refractivity contribution in [1.82, 2.24) is 10.2 Å². The number of aliphatic carboxylic acids is 1. The van der Waals surface area contributed by atoms with E-state index in [0.717, 1.165) is 25.8 Å². The molecule has 2 heterocycles. The highest BCUT2D eigenvalue weighted by Crippen LogP contribution is 2.42. The van der Waals surface area contributed by atoms with E-state index in [1.165, 1.54) is 4.90 Å². The van der Waals surface area contributed by atoms with Crippen LogP contribution in [0.25, 0.3) is 0 Å². The summed E-state index contributed by atoms with van der Waals surface area (Å²) in [7, 11) is 1.15. The van der Waals surface area contributed by atoms with Crippen LogP contribution in [0.15, 0.2) is 5.16 Å². The van der Waals surface area contributed by atoms with E-state index in [1.807, 2.05) is 0 Å². The highest BCUT2D eigenvalue weighted by molar-refractivity contribution is 8.00. The van der Waals surface area contributed by atoms with Crippen molar-refractivity contribution in [1.29, 1.82) is 0 Å². The number of nitrogens with one attached hydrogen (secondary N) is 1. The molecule has 11 nitrogen and oxygen atoms in total. The molecule has 0 aromatic heterocycles. The number of carboxylic acid groups (broad SMARTS) is 1. The Morgan fingerprint density at radius 1 is 1.43 bits per heavy atom. The second kappa shape index (κ2) is 8.78. The van der Waals surface area contributed by atoms with Gasteiger partial charge in [-0.05, 0) is 0 Å². The van der Waals surface area contributed by atoms with Crippen molar-refractivity contribution in [2.24, 2.45) is 10.6 Å². The highest BCUT2D eigenvalue weighted by Gasteiger charge is 2.58. The molecular formula is C15H18ClN3O8S. The van der Waals surface area contributed by atoms with Crippen LogP contribution in [0.5, 0.6) is 0 Å². The quantitative estimate of drug-likeness (QED) is 0.120. The number of ketones is 1. The van der Waals surface area contributed by atoms with Crippen LogP contribution in [0, 0.1) is 5.41 Å². The number of carboxylic acids is 1. The van der Waals surface area contributed by atoms with Gasteiger partial charge in [-0.1, -0.05) is 5.16 Å². The average molecular weight is 436 g/mol. The predicted molar refractivity (Wildman–Crippen MR) is 96.8 cm³/mol. The fourth-order valence-electron chi connectivity index (χ4n) is 2.73. The predicted octanol–water partition coefficient (Wildman–Crippen LogP) is -1.17. The number of Topliss-reactive ketones (excluding diaryl/α,β-unsaturated/α-hetero) is 1. The normalized spacial score (nSPS) is 26.6. The molecule has 2 amide bonds. The second-order valence-electron chi connectivity index (χ2n) is 6.16. The smallest absolute Gasteiger partial charge is 0.315 e. The van der Waals surface area contributed by atoms with E-state index in [-0.39, 0.29) is 18.9 Å². The Hall–Kier alpha value is -2.34. The van der Waals surface area contributed by atoms with Gasteiger partial charge in [-0.25, -0.2) is 0 Å². The number of hydrogen-bond acceptors (Lipinski definition) is 9. The van der Waals surface area contributed by atoms with Gasteiger partial charge in [-0.3, -0.25) is 24.0 Å². The molecule has 0 aliphatic carbocycles. The molecule has 0 aromatic carbocycles. The molecule has 0 saturated carbocycles. The van der Waals surface area contributed by atoms with E-state index in [4.69, 9.17) is 16.3 Å². The lowest BCUT2D eigenvalue weighted by molar-refractivity contribution is -0.164. The molecule has 2 rings (SSSR count). The van der Waals surface area contributed by atoms with E-state index >= 15 is 0 Å². The van der Waals surface area contributed by atoms with Gasteiger partial charge in [0, 0.05) is 19.2 Å². The monoisotopic (exact) mass is 435 g/mol. The molecule has 2 saturated heterocycles. The zero-order chi connectivity index (χ0) is 21.1. The molecule has 2 aliphatic heterocycles. The third-order valence-electron chi connectivity index (χ3n) is 4.22. The molecule has 0 aromatic rings. The minimum atomic E-state index is -1.44. The number of fused-ring (bicyclic) bond motifs is 1. The maximum atomic E-state index is 12.4. The van der Waals surface area contributed by atoms with Crippen molar-refractivity contribution < 1.29 is 38.7 Å². The Morgan fingerprint density at radius 3 is 2.64 bits per heavy atom. The zero-order valence-electron chi connectivity index (χ0n) is 15.0. The number of esters is 1. The number of alkyl halides is 1. The van der Waals surface area contributed by atoms with Crippen molar-refractivity contribution >= 4 is 58.6 Å². The Balaban J connectivity index is 2.07. The van der Waals surface area contributed by atoms with Gasteiger partial charge in [0.05, 0.1) is 5.88 Å². The Morgan fingerprint density at radius 2 is 2.11 bits per heavy atom. The topological polar surface area (TPSA) is 152 Å². The molecule has 154 valence electrons. The van der Waals surface area contributed by atoms with Gasteiger partial charge in [-0.15, -0.1) is 23.4 Å². The molecule has 2 fully saturated rings. The molecule has 28 heavy (non-hydrogen) atoms. The van der Waals surface area contributed by atoms with E-state index in [2.05, 4.69) is 15.3 Å². The molecule has 0 spiro atoms. The second-order valence-corrected chi connectivity index (χ2v) is 7.54. The Labute approximate surface area is 168 Å². The van der Waals surface area contributed by atoms with Gasteiger partial charge in [0.25, 0.3) is 5.91 Å². The Bertz CT molecular complexity index is 745. The molecule has 0 bridgehead atoms. The summed E-state index contributed by atoms with van der Waals surface area (Å²) >= 11 is 6.56. The van der Waals surface area contributed by atoms with E-state index < -0.39 is 58.0 Å². The third kappa shape index (κ3) is 4.22. The zero-order valence-corrected chi connectivity index (χ0v) is 16.5. The summed E-state index contributed by atoms with van der Waals surface area (Å²) in [6.07, 6.45) is 0. The van der Waals surface area contributed by atoms with Gasteiger partial charge in [-0.2, -0.15) is 0 Å². The summed E-state index contributed by atoms with van der Waals surface area (Å²) < 4.78 is 4.86. The minimum absolute atomic E-state index is 0.0655. The van der Waals surface area contributed by atoms with Crippen LogP contribution in [-0.4, -0.2) is 88.6 Å². The van der Waals surface area contributed by atoms with E-state index in [0.29, 0.717) is 0 Å². The van der Waals surface area contributed by atoms with Gasteiger partial charge >= 0.3 is 11.9 Å². The number of carbonyl (C=O) groups is 5. The molecule has 13 heteroatoms. The summed E-state index contributed by atoms with van der Waals surface area (Å²) in [6.45, 7) is 0.626. The molecule has 3 atom stereocenters. The summed E-state index contributed by atoms with van der Waals surface area (Å²) in [6, 6.07) is -0.955. The number of thioether (sulfide) groups is 1. The minimum Gasteiger partial charge on any atom is -0.481 e. The summed E-state index contributed by atoms with van der Waals surface area (Å²) in [5.41, 5.74) is -2.01. The lowest BCUT2D eigenvalue weighted by atomic mass is 9.88. The molecular weight excluding hydrogens is 418 g/mol. The third-order valence-corrected chi connectivity index (χ3v) is 6.05. The van der Waals surface area contributed by atoms with E-state index in [1.54, 1.807) is 0 Å². The largest absolute Gasteiger partial charge is 0.481 e. The summed E-state index contributed by atoms with van der Waals surface area (Å²) in [5.74, 6) is -4.45. The average Bonchev–Trinajstić information content (AvgIpc) is 2.67. The maximum absolute atomic E-state index is 12.4. The number of β-lactam (4-membered cyclic amide) rings is 1. The van der Waals surface area contributed by atoms with Crippen molar-refractivity contribution in [2.75, 3.05) is 31.9 Å². The number of rotatable bonds is 8. The molecule has 2 unspecified atom stereocenters. The van der Waals surface area contributed by atoms with Crippen molar-refractivity contribution in [3.8, 4) is 0 Å². The van der Waals surface area contributed by atoms with Gasteiger partial charge in [0.15, 0.2) is 0 Å². The van der Waals surface area contributed by atoms with Crippen LogP contribution < -0.4 is 5.32 Å². The maximum Gasteiger partial charge on any atom is 0.315 e.